The second-order valence-corrected chi connectivity index (χ2v) is 9.04. The summed E-state index contributed by atoms with van der Waals surface area (Å²) in [5, 5.41) is 0. The molecule has 0 aliphatic carbocycles. The number of rotatable bonds is 6. The molecule has 17 heavy (non-hydrogen) atoms. The van der Waals surface area contributed by atoms with Crippen LogP contribution in [-0.2, 0) is 33.1 Å². The number of carbonyl (C=O) groups excluding carboxylic acids is 2. The van der Waals surface area contributed by atoms with E-state index in [2.05, 4.69) is 0 Å². The molecule has 0 aromatic heterocycles. The Bertz CT molecular complexity index is 208. The summed E-state index contributed by atoms with van der Waals surface area (Å²) in [6.07, 6.45) is 2.94. The summed E-state index contributed by atoms with van der Waals surface area (Å²) in [7, 11) is 3.63. The molecule has 0 saturated heterocycles. The summed E-state index contributed by atoms with van der Waals surface area (Å²) >= 11 is -1.43. The van der Waals surface area contributed by atoms with E-state index in [0.29, 0.717) is 12.8 Å². The van der Waals surface area contributed by atoms with E-state index in [1.165, 1.54) is 0 Å². The second-order valence-electron chi connectivity index (χ2n) is 3.51. The van der Waals surface area contributed by atoms with Crippen LogP contribution in [0.4, 0.5) is 0 Å². The minimum Gasteiger partial charge on any atom is -1.00 e. The zero-order valence-electron chi connectivity index (χ0n) is 10.8. The normalized spacial score (nSPS) is 8.24. The van der Waals surface area contributed by atoms with Crippen molar-refractivity contribution in [2.75, 3.05) is 14.1 Å². The first-order valence-corrected chi connectivity index (χ1v) is 8.53. The molecule has 2 amide bonds. The Kier molecular flexibility index (Phi) is 17.8. The predicted molar refractivity (Wildman–Crippen MR) is 55.4 cm³/mol. The largest absolute Gasteiger partial charge is 1.00 e. The molecule has 0 unspecified atom stereocenters. The maximum atomic E-state index is 11.5. The van der Waals surface area contributed by atoms with Gasteiger partial charge in [0.25, 0.3) is 0 Å². The van der Waals surface area contributed by atoms with Crippen LogP contribution >= 0.6 is 0 Å². The summed E-state index contributed by atoms with van der Waals surface area (Å²) in [6.45, 7) is 3.98. The Morgan fingerprint density at radius 1 is 0.882 bits per heavy atom. The molecule has 0 N–H and O–H groups in total. The standard InChI is InChI=1S/2C5H11NO.2BrH.Hf/c2*1-3-4-5(7)6-2;;;/h2*3-4H2,1-2H3,(H,6,7);2*1H;/q;;;;+4/p-4. The SMILES string of the molecule is CCCC(=O)[N](C)[Hf+2][N](C)C(=O)CCC.[Br-].[Br-]. The van der Waals surface area contributed by atoms with E-state index in [1.807, 2.05) is 27.9 Å². The van der Waals surface area contributed by atoms with Crippen LogP contribution in [0.3, 0.4) is 0 Å². The molecule has 0 bridgehead atoms. The van der Waals surface area contributed by atoms with Gasteiger partial charge in [0.05, 0.1) is 0 Å². The number of halogens is 2. The zero-order valence-corrected chi connectivity index (χ0v) is 17.6. The summed E-state index contributed by atoms with van der Waals surface area (Å²) in [4.78, 5) is 23.0. The van der Waals surface area contributed by atoms with Gasteiger partial charge in [-0.3, -0.25) is 0 Å². The minimum atomic E-state index is -1.43. The fourth-order valence-corrected chi connectivity index (χ4v) is 4.32. The Morgan fingerprint density at radius 2 is 1.18 bits per heavy atom. The Hall–Kier alpha value is 0.770. The monoisotopic (exact) mass is 538 g/mol. The first-order chi connectivity index (χ1) is 7.02. The van der Waals surface area contributed by atoms with Crippen LogP contribution in [0.5, 0.6) is 0 Å². The van der Waals surface area contributed by atoms with E-state index in [0.717, 1.165) is 12.8 Å². The third kappa shape index (κ3) is 10.4. The van der Waals surface area contributed by atoms with Crippen LogP contribution in [-0.4, -0.2) is 31.7 Å². The molecule has 0 aliphatic heterocycles. The molecule has 0 radical (unpaired) electrons. The summed E-state index contributed by atoms with van der Waals surface area (Å²) < 4.78 is 3.58. The maximum absolute atomic E-state index is 11.5. The Morgan fingerprint density at radius 3 is 1.41 bits per heavy atom. The molecule has 4 nitrogen and oxygen atoms in total. The van der Waals surface area contributed by atoms with Crippen LogP contribution < -0.4 is 34.0 Å². The van der Waals surface area contributed by atoms with Gasteiger partial charge in [0.2, 0.25) is 0 Å². The van der Waals surface area contributed by atoms with Crippen molar-refractivity contribution >= 4 is 11.8 Å². The predicted octanol–water partition coefficient (Wildman–Crippen LogP) is -4.58. The van der Waals surface area contributed by atoms with Gasteiger partial charge in [-0.05, 0) is 0 Å². The zero-order chi connectivity index (χ0) is 11.8. The van der Waals surface area contributed by atoms with E-state index < -0.39 is 23.5 Å². The molecule has 0 atom stereocenters. The Labute approximate surface area is 137 Å². The Balaban J connectivity index is -0.000000980. The molecule has 0 fully saturated rings. The van der Waals surface area contributed by atoms with Gasteiger partial charge in [-0.1, -0.05) is 0 Å². The van der Waals surface area contributed by atoms with Gasteiger partial charge in [0.1, 0.15) is 0 Å². The van der Waals surface area contributed by atoms with Crippen molar-refractivity contribution in [3.8, 4) is 0 Å². The third-order valence-electron chi connectivity index (χ3n) is 1.98. The molecule has 0 heterocycles. The second kappa shape index (κ2) is 13.2. The molecule has 0 aromatic rings. The van der Waals surface area contributed by atoms with Crippen LogP contribution in [0, 0.1) is 0 Å². The topological polar surface area (TPSA) is 40.6 Å². The van der Waals surface area contributed by atoms with Gasteiger partial charge in [0.15, 0.2) is 0 Å². The van der Waals surface area contributed by atoms with Crippen molar-refractivity contribution in [2.24, 2.45) is 0 Å². The van der Waals surface area contributed by atoms with Crippen molar-refractivity contribution in [3.05, 3.63) is 0 Å². The molecule has 0 rings (SSSR count). The fraction of sp³-hybridized carbons (Fsp3) is 0.800. The number of carbonyl (C=O) groups is 2. The van der Waals surface area contributed by atoms with Gasteiger partial charge >= 0.3 is 104 Å². The molecular weight excluding hydrogens is 518 g/mol. The molecule has 100 valence electrons. The average Bonchev–Trinajstić information content (AvgIpc) is 2.18. The van der Waals surface area contributed by atoms with E-state index in [-0.39, 0.29) is 45.8 Å². The summed E-state index contributed by atoms with van der Waals surface area (Å²) in [5.41, 5.74) is 0. The van der Waals surface area contributed by atoms with Gasteiger partial charge < -0.3 is 34.0 Å². The number of hydrogen-bond acceptors (Lipinski definition) is 2. The van der Waals surface area contributed by atoms with Crippen LogP contribution in [0.1, 0.15) is 39.5 Å². The first-order valence-electron chi connectivity index (χ1n) is 5.32. The smallest absolute Gasteiger partial charge is 1.00 e. The first kappa shape index (κ1) is 22.9. The number of nitrogens with zero attached hydrogens (tertiary/aromatic N) is 2. The summed E-state index contributed by atoms with van der Waals surface area (Å²) in [5.74, 6) is 0.356. The molecular formula is C10H20Br2HfN2O2. The van der Waals surface area contributed by atoms with E-state index >= 15 is 0 Å². The molecule has 0 spiro atoms. The van der Waals surface area contributed by atoms with Crippen molar-refractivity contribution in [2.45, 2.75) is 39.5 Å². The molecule has 0 aromatic carbocycles. The van der Waals surface area contributed by atoms with E-state index in [1.54, 1.807) is 5.78 Å². The minimum absolute atomic E-state index is 0. The molecule has 0 aliphatic rings. The van der Waals surface area contributed by atoms with Gasteiger partial charge in [-0.15, -0.1) is 0 Å². The van der Waals surface area contributed by atoms with Crippen LogP contribution in [0.15, 0.2) is 0 Å². The van der Waals surface area contributed by atoms with E-state index in [4.69, 9.17) is 0 Å². The van der Waals surface area contributed by atoms with Crippen molar-refractivity contribution in [1.29, 1.82) is 0 Å². The van der Waals surface area contributed by atoms with Crippen molar-refractivity contribution < 1.29 is 67.0 Å². The number of hydrogen-bond donors (Lipinski definition) is 0. The average molecular weight is 539 g/mol. The van der Waals surface area contributed by atoms with Crippen molar-refractivity contribution in [1.82, 2.24) is 5.78 Å². The van der Waals surface area contributed by atoms with Crippen LogP contribution in [0.2, 0.25) is 0 Å². The molecule has 7 heteroatoms. The maximum Gasteiger partial charge on any atom is -1.00 e. The van der Waals surface area contributed by atoms with Crippen molar-refractivity contribution in [3.63, 3.8) is 0 Å². The third-order valence-corrected chi connectivity index (χ3v) is 5.92. The molecule has 0 saturated carbocycles. The fourth-order valence-electron chi connectivity index (χ4n) is 1.10. The van der Waals surface area contributed by atoms with Gasteiger partial charge in [-0.25, -0.2) is 0 Å². The quantitative estimate of drug-likeness (QED) is 0.320. The van der Waals surface area contributed by atoms with E-state index in [9.17, 15) is 9.59 Å². The van der Waals surface area contributed by atoms with Gasteiger partial charge in [-0.2, -0.15) is 0 Å². The summed E-state index contributed by atoms with van der Waals surface area (Å²) in [6, 6.07) is 0. The number of amides is 2. The van der Waals surface area contributed by atoms with Crippen LogP contribution in [0.25, 0.3) is 0 Å². The van der Waals surface area contributed by atoms with Gasteiger partial charge in [0, 0.05) is 0 Å².